The Morgan fingerprint density at radius 1 is 1.18 bits per heavy atom. The Labute approximate surface area is 101 Å². The van der Waals surface area contributed by atoms with Crippen LogP contribution in [0.15, 0.2) is 36.4 Å². The summed E-state index contributed by atoms with van der Waals surface area (Å²) in [6, 6.07) is 11.8. The van der Waals surface area contributed by atoms with Crippen LogP contribution in [-0.2, 0) is 6.61 Å². The Kier molecular flexibility index (Phi) is 3.64. The Morgan fingerprint density at radius 2 is 2.00 bits per heavy atom. The highest BCUT2D eigenvalue weighted by Crippen LogP contribution is 2.28. The average molecular weight is 226 g/mol. The molecule has 2 aromatic rings. The van der Waals surface area contributed by atoms with Crippen LogP contribution in [0.5, 0.6) is 5.75 Å². The Morgan fingerprint density at radius 3 is 2.76 bits per heavy atom. The third-order valence-corrected chi connectivity index (χ3v) is 2.66. The molecule has 0 radical (unpaired) electrons. The van der Waals surface area contributed by atoms with Gasteiger partial charge in [0.15, 0.2) is 0 Å². The van der Waals surface area contributed by atoms with Gasteiger partial charge in [0.1, 0.15) is 5.75 Å². The van der Waals surface area contributed by atoms with E-state index in [2.05, 4.69) is 5.92 Å². The predicted molar refractivity (Wildman–Crippen MR) is 68.8 cm³/mol. The lowest BCUT2D eigenvalue weighted by Gasteiger charge is -2.11. The molecule has 0 aliphatic heterocycles. The van der Waals surface area contributed by atoms with Crippen molar-refractivity contribution in [2.75, 3.05) is 6.61 Å². The zero-order chi connectivity index (χ0) is 12.1. The van der Waals surface area contributed by atoms with Crippen molar-refractivity contribution < 1.29 is 9.84 Å². The second kappa shape index (κ2) is 5.38. The van der Waals surface area contributed by atoms with Gasteiger partial charge in [-0.1, -0.05) is 30.3 Å². The first-order chi connectivity index (χ1) is 8.36. The van der Waals surface area contributed by atoms with Gasteiger partial charge >= 0.3 is 0 Å². The number of hydrogen-bond acceptors (Lipinski definition) is 2. The minimum Gasteiger partial charge on any atom is -0.492 e. The van der Waals surface area contributed by atoms with E-state index >= 15 is 0 Å². The van der Waals surface area contributed by atoms with Crippen molar-refractivity contribution >= 4 is 10.8 Å². The standard InChI is InChI=1S/C15H14O2/c1-2-3-10-17-15-9-8-12-6-4-5-7-13(12)14(15)11-16/h1,4-9,16H,3,10-11H2. The van der Waals surface area contributed by atoms with E-state index in [1.807, 2.05) is 36.4 Å². The van der Waals surface area contributed by atoms with Crippen LogP contribution in [0.4, 0.5) is 0 Å². The lowest BCUT2D eigenvalue weighted by molar-refractivity contribution is 0.266. The van der Waals surface area contributed by atoms with E-state index in [0.29, 0.717) is 18.8 Å². The van der Waals surface area contributed by atoms with Gasteiger partial charge in [-0.15, -0.1) is 12.3 Å². The highest BCUT2D eigenvalue weighted by atomic mass is 16.5. The fourth-order valence-electron chi connectivity index (χ4n) is 1.83. The van der Waals surface area contributed by atoms with Crippen LogP contribution in [0.1, 0.15) is 12.0 Å². The fourth-order valence-corrected chi connectivity index (χ4v) is 1.83. The number of fused-ring (bicyclic) bond motifs is 1. The van der Waals surface area contributed by atoms with Crippen molar-refractivity contribution in [2.45, 2.75) is 13.0 Å². The maximum Gasteiger partial charge on any atom is 0.125 e. The molecule has 0 aliphatic rings. The minimum absolute atomic E-state index is 0.0350. The maximum absolute atomic E-state index is 9.45. The monoisotopic (exact) mass is 226 g/mol. The van der Waals surface area contributed by atoms with E-state index in [0.717, 1.165) is 16.3 Å². The van der Waals surface area contributed by atoms with E-state index in [9.17, 15) is 5.11 Å². The lowest BCUT2D eigenvalue weighted by Crippen LogP contribution is -2.00. The van der Waals surface area contributed by atoms with Crippen molar-refractivity contribution in [1.29, 1.82) is 0 Å². The van der Waals surface area contributed by atoms with E-state index in [1.54, 1.807) is 0 Å². The Balaban J connectivity index is 2.39. The van der Waals surface area contributed by atoms with Crippen LogP contribution < -0.4 is 4.74 Å². The molecule has 2 heteroatoms. The Bertz CT molecular complexity index is 552. The van der Waals surface area contributed by atoms with Crippen LogP contribution in [0.3, 0.4) is 0 Å². The first kappa shape index (κ1) is 11.5. The maximum atomic E-state index is 9.45. The smallest absolute Gasteiger partial charge is 0.125 e. The van der Waals surface area contributed by atoms with Crippen LogP contribution in [0.25, 0.3) is 10.8 Å². The topological polar surface area (TPSA) is 29.5 Å². The molecule has 0 amide bonds. The third kappa shape index (κ3) is 2.41. The fraction of sp³-hybridized carbons (Fsp3) is 0.200. The summed E-state index contributed by atoms with van der Waals surface area (Å²) in [4.78, 5) is 0. The van der Waals surface area contributed by atoms with E-state index in [-0.39, 0.29) is 6.61 Å². The molecule has 0 aromatic heterocycles. The molecule has 2 nitrogen and oxygen atoms in total. The van der Waals surface area contributed by atoms with E-state index < -0.39 is 0 Å². The molecule has 0 fully saturated rings. The summed E-state index contributed by atoms with van der Waals surface area (Å²) in [5.74, 6) is 3.23. The molecule has 0 saturated carbocycles. The molecule has 0 aliphatic carbocycles. The molecule has 86 valence electrons. The third-order valence-electron chi connectivity index (χ3n) is 2.66. The molecule has 1 N–H and O–H groups in total. The van der Waals surface area contributed by atoms with Gasteiger partial charge in [-0.2, -0.15) is 0 Å². The molecule has 0 bridgehead atoms. The normalized spacial score (nSPS) is 10.1. The van der Waals surface area contributed by atoms with Gasteiger partial charge in [0.25, 0.3) is 0 Å². The van der Waals surface area contributed by atoms with Crippen molar-refractivity contribution in [3.05, 3.63) is 42.0 Å². The van der Waals surface area contributed by atoms with Gasteiger partial charge in [0.05, 0.1) is 13.2 Å². The van der Waals surface area contributed by atoms with Crippen LogP contribution in [-0.4, -0.2) is 11.7 Å². The van der Waals surface area contributed by atoms with Gasteiger partial charge in [-0.05, 0) is 16.8 Å². The van der Waals surface area contributed by atoms with Crippen molar-refractivity contribution in [2.24, 2.45) is 0 Å². The minimum atomic E-state index is -0.0350. The number of rotatable bonds is 4. The number of aliphatic hydroxyl groups excluding tert-OH is 1. The van der Waals surface area contributed by atoms with Crippen molar-refractivity contribution in [3.8, 4) is 18.1 Å². The van der Waals surface area contributed by atoms with Crippen LogP contribution in [0.2, 0.25) is 0 Å². The molecular formula is C15H14O2. The summed E-state index contributed by atoms with van der Waals surface area (Å²) in [6.45, 7) is 0.439. The van der Waals surface area contributed by atoms with E-state index in [4.69, 9.17) is 11.2 Å². The number of terminal acetylenes is 1. The van der Waals surface area contributed by atoms with Crippen molar-refractivity contribution in [3.63, 3.8) is 0 Å². The molecular weight excluding hydrogens is 212 g/mol. The zero-order valence-electron chi connectivity index (χ0n) is 9.52. The molecule has 2 rings (SSSR count). The first-order valence-electron chi connectivity index (χ1n) is 5.54. The number of ether oxygens (including phenoxy) is 1. The molecule has 0 saturated heterocycles. The Hall–Kier alpha value is -1.98. The second-order valence-electron chi connectivity index (χ2n) is 3.72. The van der Waals surface area contributed by atoms with Gasteiger partial charge in [-0.3, -0.25) is 0 Å². The largest absolute Gasteiger partial charge is 0.492 e. The highest BCUT2D eigenvalue weighted by Gasteiger charge is 2.07. The number of benzene rings is 2. The van der Waals surface area contributed by atoms with Gasteiger partial charge in [0, 0.05) is 12.0 Å². The summed E-state index contributed by atoms with van der Waals surface area (Å²) in [7, 11) is 0. The van der Waals surface area contributed by atoms with Gasteiger partial charge in [-0.25, -0.2) is 0 Å². The zero-order valence-corrected chi connectivity index (χ0v) is 9.52. The average Bonchev–Trinajstić information content (AvgIpc) is 2.38. The summed E-state index contributed by atoms with van der Waals surface area (Å²) in [5, 5.41) is 11.6. The lowest BCUT2D eigenvalue weighted by atomic mass is 10.0. The number of hydrogen-bond donors (Lipinski definition) is 1. The highest BCUT2D eigenvalue weighted by molar-refractivity contribution is 5.87. The molecule has 0 spiro atoms. The van der Waals surface area contributed by atoms with Gasteiger partial charge < -0.3 is 9.84 Å². The predicted octanol–water partition coefficient (Wildman–Crippen LogP) is 2.73. The summed E-state index contributed by atoms with van der Waals surface area (Å²) < 4.78 is 5.57. The SMILES string of the molecule is C#CCCOc1ccc2ccccc2c1CO. The molecule has 0 atom stereocenters. The summed E-state index contributed by atoms with van der Waals surface area (Å²) >= 11 is 0. The van der Waals surface area contributed by atoms with Crippen LogP contribution in [0, 0.1) is 12.3 Å². The quantitative estimate of drug-likeness (QED) is 0.641. The number of aliphatic hydroxyl groups is 1. The summed E-state index contributed by atoms with van der Waals surface area (Å²) in [6.07, 6.45) is 5.74. The molecule has 17 heavy (non-hydrogen) atoms. The van der Waals surface area contributed by atoms with Crippen molar-refractivity contribution in [1.82, 2.24) is 0 Å². The molecule has 2 aromatic carbocycles. The van der Waals surface area contributed by atoms with E-state index in [1.165, 1.54) is 0 Å². The van der Waals surface area contributed by atoms with Crippen LogP contribution >= 0.6 is 0 Å². The molecule has 0 heterocycles. The molecule has 0 unspecified atom stereocenters. The first-order valence-corrected chi connectivity index (χ1v) is 5.54. The summed E-state index contributed by atoms with van der Waals surface area (Å²) in [5.41, 5.74) is 0.820. The van der Waals surface area contributed by atoms with Gasteiger partial charge in [0.2, 0.25) is 0 Å². The second-order valence-corrected chi connectivity index (χ2v) is 3.72.